The number of hydrogen-bond donors (Lipinski definition) is 0. The molecular formula is C22H28N4O7S2. The SMILES string of the molecule is CCOC(=O)C1CCN(C(=O)CSc2nnc(-c3cccc(S(=O)(=O)N4CCOCC4)c3)o2)CC1. The Morgan fingerprint density at radius 2 is 1.89 bits per heavy atom. The fraction of sp³-hybridized carbons (Fsp3) is 0.545. The van der Waals surface area contributed by atoms with Crippen LogP contribution >= 0.6 is 11.8 Å². The van der Waals surface area contributed by atoms with Gasteiger partial charge in [0.05, 0.1) is 36.4 Å². The number of piperidine rings is 1. The van der Waals surface area contributed by atoms with E-state index in [-0.39, 0.29) is 39.6 Å². The molecular weight excluding hydrogens is 496 g/mol. The lowest BCUT2D eigenvalue weighted by molar-refractivity contribution is -0.151. The zero-order valence-corrected chi connectivity index (χ0v) is 21.1. The number of aromatic nitrogens is 2. The van der Waals surface area contributed by atoms with Crippen molar-refractivity contribution in [3.63, 3.8) is 0 Å². The number of esters is 1. The van der Waals surface area contributed by atoms with E-state index in [0.717, 1.165) is 11.8 Å². The van der Waals surface area contributed by atoms with Gasteiger partial charge in [-0.25, -0.2) is 8.42 Å². The quantitative estimate of drug-likeness (QED) is 0.371. The van der Waals surface area contributed by atoms with E-state index in [1.54, 1.807) is 24.0 Å². The largest absolute Gasteiger partial charge is 0.466 e. The number of carbonyl (C=O) groups excluding carboxylic acids is 2. The molecule has 2 saturated heterocycles. The number of morpholine rings is 1. The van der Waals surface area contributed by atoms with Gasteiger partial charge in [-0.2, -0.15) is 4.31 Å². The molecule has 0 unspecified atom stereocenters. The minimum atomic E-state index is -3.65. The van der Waals surface area contributed by atoms with Crippen LogP contribution in [-0.4, -0.2) is 91.4 Å². The molecule has 0 spiro atoms. The predicted octanol–water partition coefficient (Wildman–Crippen LogP) is 1.65. The molecule has 4 rings (SSSR count). The van der Waals surface area contributed by atoms with E-state index in [0.29, 0.717) is 64.4 Å². The Bertz CT molecular complexity index is 1140. The Hall–Kier alpha value is -2.48. The van der Waals surface area contributed by atoms with Crippen LogP contribution in [0.3, 0.4) is 0 Å². The molecule has 2 aliphatic heterocycles. The second kappa shape index (κ2) is 11.5. The third kappa shape index (κ3) is 6.21. The maximum Gasteiger partial charge on any atom is 0.309 e. The van der Waals surface area contributed by atoms with Crippen LogP contribution in [0.25, 0.3) is 11.5 Å². The van der Waals surface area contributed by atoms with E-state index in [9.17, 15) is 18.0 Å². The second-order valence-corrected chi connectivity index (χ2v) is 11.0. The Labute approximate surface area is 208 Å². The Morgan fingerprint density at radius 1 is 1.14 bits per heavy atom. The van der Waals surface area contributed by atoms with Gasteiger partial charge in [0.2, 0.25) is 21.8 Å². The summed E-state index contributed by atoms with van der Waals surface area (Å²) in [5.74, 6) is -0.135. The summed E-state index contributed by atoms with van der Waals surface area (Å²) in [6.07, 6.45) is 1.17. The highest BCUT2D eigenvalue weighted by Crippen LogP contribution is 2.27. The molecule has 2 fully saturated rings. The molecule has 0 atom stereocenters. The van der Waals surface area contributed by atoms with Crippen molar-refractivity contribution >= 4 is 33.7 Å². The van der Waals surface area contributed by atoms with E-state index in [1.165, 1.54) is 16.4 Å². The highest BCUT2D eigenvalue weighted by molar-refractivity contribution is 7.99. The molecule has 1 amide bonds. The average molecular weight is 525 g/mol. The third-order valence-corrected chi connectivity index (χ3v) is 8.58. The molecule has 13 heteroatoms. The molecule has 1 aromatic carbocycles. The van der Waals surface area contributed by atoms with Gasteiger partial charge in [0.25, 0.3) is 5.22 Å². The fourth-order valence-corrected chi connectivity index (χ4v) is 6.07. The van der Waals surface area contributed by atoms with Crippen molar-refractivity contribution in [1.82, 2.24) is 19.4 Å². The minimum Gasteiger partial charge on any atom is -0.466 e. The number of sulfonamides is 1. The number of hydrogen-bond acceptors (Lipinski definition) is 10. The van der Waals surface area contributed by atoms with E-state index < -0.39 is 10.0 Å². The third-order valence-electron chi connectivity index (χ3n) is 5.88. The highest BCUT2D eigenvalue weighted by atomic mass is 32.2. The summed E-state index contributed by atoms with van der Waals surface area (Å²) >= 11 is 1.12. The van der Waals surface area contributed by atoms with Gasteiger partial charge >= 0.3 is 5.97 Å². The number of rotatable bonds is 8. The molecule has 0 radical (unpaired) electrons. The van der Waals surface area contributed by atoms with Crippen molar-refractivity contribution in [3.8, 4) is 11.5 Å². The van der Waals surface area contributed by atoms with Crippen LogP contribution < -0.4 is 0 Å². The van der Waals surface area contributed by atoms with Crippen molar-refractivity contribution in [2.24, 2.45) is 5.92 Å². The van der Waals surface area contributed by atoms with Crippen LogP contribution in [0.5, 0.6) is 0 Å². The molecule has 11 nitrogen and oxygen atoms in total. The summed E-state index contributed by atoms with van der Waals surface area (Å²) in [4.78, 5) is 26.3. The summed E-state index contributed by atoms with van der Waals surface area (Å²) in [6, 6.07) is 6.36. The minimum absolute atomic E-state index is 0.0735. The number of likely N-dealkylation sites (tertiary alicyclic amines) is 1. The molecule has 3 heterocycles. The molecule has 0 aliphatic carbocycles. The van der Waals surface area contributed by atoms with Gasteiger partial charge in [-0.05, 0) is 38.0 Å². The summed E-state index contributed by atoms with van der Waals surface area (Å²) in [5.41, 5.74) is 0.478. The summed E-state index contributed by atoms with van der Waals surface area (Å²) in [6.45, 7) is 4.49. The van der Waals surface area contributed by atoms with Gasteiger partial charge < -0.3 is 18.8 Å². The Kier molecular flexibility index (Phi) is 8.42. The zero-order chi connectivity index (χ0) is 24.8. The average Bonchev–Trinajstić information content (AvgIpc) is 3.37. The number of nitrogens with zero attached hydrogens (tertiary/aromatic N) is 4. The molecule has 1 aromatic heterocycles. The highest BCUT2D eigenvalue weighted by Gasteiger charge is 2.29. The van der Waals surface area contributed by atoms with Crippen molar-refractivity contribution in [1.29, 1.82) is 0 Å². The Balaban J connectivity index is 1.33. The van der Waals surface area contributed by atoms with E-state index >= 15 is 0 Å². The van der Waals surface area contributed by atoms with E-state index in [1.807, 2.05) is 0 Å². The van der Waals surface area contributed by atoms with Crippen LogP contribution in [-0.2, 0) is 29.1 Å². The molecule has 0 saturated carbocycles. The first-order valence-electron chi connectivity index (χ1n) is 11.5. The van der Waals surface area contributed by atoms with Crippen LogP contribution in [0.1, 0.15) is 19.8 Å². The first-order chi connectivity index (χ1) is 16.9. The van der Waals surface area contributed by atoms with Crippen molar-refractivity contribution < 1.29 is 31.9 Å². The van der Waals surface area contributed by atoms with Gasteiger partial charge in [-0.3, -0.25) is 9.59 Å². The standard InChI is InChI=1S/C22H28N4O7S2/c1-2-32-21(28)16-6-8-25(9-7-16)19(27)15-34-22-24-23-20(33-22)17-4-3-5-18(14-17)35(29,30)26-10-12-31-13-11-26/h3-5,14,16H,2,6-13,15H2,1H3. The topological polar surface area (TPSA) is 132 Å². The second-order valence-electron chi connectivity index (χ2n) is 8.11. The van der Waals surface area contributed by atoms with Crippen LogP contribution in [0.15, 0.2) is 38.8 Å². The zero-order valence-electron chi connectivity index (χ0n) is 19.4. The van der Waals surface area contributed by atoms with Crippen LogP contribution in [0.4, 0.5) is 0 Å². The lowest BCUT2D eigenvalue weighted by atomic mass is 9.97. The fourth-order valence-electron chi connectivity index (χ4n) is 3.95. The normalized spacial score (nSPS) is 17.9. The number of ether oxygens (including phenoxy) is 2. The van der Waals surface area contributed by atoms with Crippen molar-refractivity contribution in [3.05, 3.63) is 24.3 Å². The molecule has 2 aromatic rings. The number of thioether (sulfide) groups is 1. The van der Waals surface area contributed by atoms with Gasteiger partial charge in [-0.15, -0.1) is 10.2 Å². The molecule has 0 N–H and O–H groups in total. The van der Waals surface area contributed by atoms with E-state index in [4.69, 9.17) is 13.9 Å². The van der Waals surface area contributed by atoms with Crippen molar-refractivity contribution in [2.75, 3.05) is 51.8 Å². The first-order valence-corrected chi connectivity index (χ1v) is 13.9. The smallest absolute Gasteiger partial charge is 0.309 e. The van der Waals surface area contributed by atoms with Gasteiger partial charge in [0, 0.05) is 31.7 Å². The molecule has 35 heavy (non-hydrogen) atoms. The predicted molar refractivity (Wildman–Crippen MR) is 126 cm³/mol. The van der Waals surface area contributed by atoms with E-state index in [2.05, 4.69) is 10.2 Å². The van der Waals surface area contributed by atoms with Crippen molar-refractivity contribution in [2.45, 2.75) is 29.9 Å². The maximum atomic E-state index is 12.9. The summed E-state index contributed by atoms with van der Waals surface area (Å²) in [7, 11) is -3.65. The summed E-state index contributed by atoms with van der Waals surface area (Å²) in [5, 5.41) is 8.22. The number of amides is 1. The molecule has 2 aliphatic rings. The Morgan fingerprint density at radius 3 is 2.60 bits per heavy atom. The first kappa shape index (κ1) is 25.6. The van der Waals surface area contributed by atoms with Gasteiger partial charge in [0.1, 0.15) is 0 Å². The summed E-state index contributed by atoms with van der Waals surface area (Å²) < 4.78 is 43.2. The number of benzene rings is 1. The number of carbonyl (C=O) groups is 2. The van der Waals surface area contributed by atoms with Gasteiger partial charge in [0.15, 0.2) is 0 Å². The van der Waals surface area contributed by atoms with Gasteiger partial charge in [-0.1, -0.05) is 17.8 Å². The van der Waals surface area contributed by atoms with Crippen LogP contribution in [0.2, 0.25) is 0 Å². The monoisotopic (exact) mass is 524 g/mol. The lowest BCUT2D eigenvalue weighted by Crippen LogP contribution is -2.41. The van der Waals surface area contributed by atoms with Crippen LogP contribution in [0, 0.1) is 5.92 Å². The maximum absolute atomic E-state index is 12.9. The molecule has 190 valence electrons. The lowest BCUT2D eigenvalue weighted by Gasteiger charge is -2.30. The molecule has 0 bridgehead atoms.